The summed E-state index contributed by atoms with van der Waals surface area (Å²) in [6.45, 7) is 2.12. The van der Waals surface area contributed by atoms with E-state index in [1.165, 1.54) is 17.0 Å². The van der Waals surface area contributed by atoms with Gasteiger partial charge < -0.3 is 10.2 Å². The fraction of sp³-hybridized carbons (Fsp3) is 0.562. The highest BCUT2D eigenvalue weighted by Gasteiger charge is 2.44. The van der Waals surface area contributed by atoms with E-state index in [4.69, 9.17) is 0 Å². The SMILES string of the molecule is CC(CS(C)(=O)=O)N(C)C(=O)NCC1(c2cccc(F)c2)CC1. The number of amides is 2. The predicted octanol–water partition coefficient (Wildman–Crippen LogP) is 1.93. The van der Waals surface area contributed by atoms with Crippen LogP contribution in [0.5, 0.6) is 0 Å². The van der Waals surface area contributed by atoms with Crippen molar-refractivity contribution in [2.24, 2.45) is 0 Å². The predicted molar refractivity (Wildman–Crippen MR) is 87.6 cm³/mol. The van der Waals surface area contributed by atoms with Crippen molar-refractivity contribution in [3.8, 4) is 0 Å². The molecule has 5 nitrogen and oxygen atoms in total. The maximum atomic E-state index is 13.4. The largest absolute Gasteiger partial charge is 0.337 e. The fourth-order valence-corrected chi connectivity index (χ4v) is 3.76. The molecule has 0 bridgehead atoms. The summed E-state index contributed by atoms with van der Waals surface area (Å²) >= 11 is 0. The Balaban J connectivity index is 1.94. The van der Waals surface area contributed by atoms with Crippen LogP contribution >= 0.6 is 0 Å². The summed E-state index contributed by atoms with van der Waals surface area (Å²) in [5.41, 5.74) is 0.697. The second-order valence-electron chi connectivity index (χ2n) is 6.50. The third-order valence-electron chi connectivity index (χ3n) is 4.39. The number of urea groups is 1. The van der Waals surface area contributed by atoms with Crippen molar-refractivity contribution in [1.29, 1.82) is 0 Å². The number of carbonyl (C=O) groups is 1. The van der Waals surface area contributed by atoms with Gasteiger partial charge in [0, 0.05) is 31.3 Å². The molecule has 0 aliphatic heterocycles. The first-order chi connectivity index (χ1) is 10.6. The molecule has 0 radical (unpaired) electrons. The zero-order valence-corrected chi connectivity index (χ0v) is 14.5. The Morgan fingerprint density at radius 3 is 2.61 bits per heavy atom. The molecule has 128 valence electrons. The highest BCUT2D eigenvalue weighted by atomic mass is 32.2. The van der Waals surface area contributed by atoms with Gasteiger partial charge in [0.15, 0.2) is 0 Å². The van der Waals surface area contributed by atoms with Crippen LogP contribution in [-0.2, 0) is 15.3 Å². The molecular formula is C16H23FN2O3S. The molecule has 2 amide bonds. The molecule has 1 N–H and O–H groups in total. The van der Waals surface area contributed by atoms with Gasteiger partial charge in [0.2, 0.25) is 0 Å². The van der Waals surface area contributed by atoms with Crippen molar-refractivity contribution < 1.29 is 17.6 Å². The van der Waals surface area contributed by atoms with Crippen LogP contribution in [0.1, 0.15) is 25.3 Å². The van der Waals surface area contributed by atoms with Crippen LogP contribution in [0.25, 0.3) is 0 Å². The number of sulfone groups is 1. The molecular weight excluding hydrogens is 319 g/mol. The lowest BCUT2D eigenvalue weighted by Gasteiger charge is -2.26. The van der Waals surface area contributed by atoms with Gasteiger partial charge in [-0.3, -0.25) is 0 Å². The zero-order valence-electron chi connectivity index (χ0n) is 13.7. The number of rotatable bonds is 6. The quantitative estimate of drug-likeness (QED) is 0.859. The number of hydrogen-bond donors (Lipinski definition) is 1. The summed E-state index contributed by atoms with van der Waals surface area (Å²) in [4.78, 5) is 13.6. The lowest BCUT2D eigenvalue weighted by molar-refractivity contribution is 0.197. The lowest BCUT2D eigenvalue weighted by atomic mass is 9.96. The summed E-state index contributed by atoms with van der Waals surface area (Å²) < 4.78 is 36.0. The van der Waals surface area contributed by atoms with Gasteiger partial charge in [-0.1, -0.05) is 12.1 Å². The van der Waals surface area contributed by atoms with Gasteiger partial charge in [-0.25, -0.2) is 17.6 Å². The Morgan fingerprint density at radius 1 is 1.43 bits per heavy atom. The van der Waals surface area contributed by atoms with Gasteiger partial charge >= 0.3 is 6.03 Å². The van der Waals surface area contributed by atoms with Gasteiger partial charge in [-0.2, -0.15) is 0 Å². The van der Waals surface area contributed by atoms with E-state index in [1.54, 1.807) is 20.0 Å². The first kappa shape index (κ1) is 17.7. The molecule has 1 aliphatic carbocycles. The van der Waals surface area contributed by atoms with Gasteiger partial charge in [0.25, 0.3) is 0 Å². The first-order valence-corrected chi connectivity index (χ1v) is 9.63. The Morgan fingerprint density at radius 2 is 2.09 bits per heavy atom. The van der Waals surface area contributed by atoms with Gasteiger partial charge in [-0.05, 0) is 37.5 Å². The molecule has 2 rings (SSSR count). The third kappa shape index (κ3) is 4.67. The second-order valence-corrected chi connectivity index (χ2v) is 8.69. The zero-order chi connectivity index (χ0) is 17.3. The van der Waals surface area contributed by atoms with Crippen LogP contribution in [0.4, 0.5) is 9.18 Å². The minimum Gasteiger partial charge on any atom is -0.337 e. The van der Waals surface area contributed by atoms with Gasteiger partial charge in [0.1, 0.15) is 15.7 Å². The fourth-order valence-electron chi connectivity index (χ4n) is 2.66. The van der Waals surface area contributed by atoms with Crippen molar-refractivity contribution in [2.75, 3.05) is 25.6 Å². The van der Waals surface area contributed by atoms with Gasteiger partial charge in [-0.15, -0.1) is 0 Å². The molecule has 1 unspecified atom stereocenters. The van der Waals surface area contributed by atoms with Crippen molar-refractivity contribution in [3.63, 3.8) is 0 Å². The highest BCUT2D eigenvalue weighted by molar-refractivity contribution is 7.90. The molecule has 23 heavy (non-hydrogen) atoms. The number of halogens is 1. The van der Waals surface area contributed by atoms with E-state index in [1.807, 2.05) is 6.07 Å². The average molecular weight is 342 g/mol. The van der Waals surface area contributed by atoms with Crippen LogP contribution in [0.3, 0.4) is 0 Å². The Bertz CT molecular complexity index is 686. The smallest absolute Gasteiger partial charge is 0.317 e. The van der Waals surface area contributed by atoms with Crippen LogP contribution in [0.2, 0.25) is 0 Å². The minimum atomic E-state index is -3.14. The molecule has 1 saturated carbocycles. The van der Waals surface area contributed by atoms with Crippen molar-refractivity contribution in [2.45, 2.75) is 31.2 Å². The number of benzene rings is 1. The molecule has 1 aromatic carbocycles. The average Bonchev–Trinajstić information content (AvgIpc) is 3.23. The Hall–Kier alpha value is -1.63. The molecule has 0 heterocycles. The number of nitrogens with zero attached hydrogens (tertiary/aromatic N) is 1. The lowest BCUT2D eigenvalue weighted by Crippen LogP contribution is -2.46. The molecule has 1 aromatic rings. The molecule has 7 heteroatoms. The maximum Gasteiger partial charge on any atom is 0.317 e. The Labute approximate surface area is 136 Å². The van der Waals surface area contributed by atoms with Crippen LogP contribution in [-0.4, -0.2) is 51.0 Å². The van der Waals surface area contributed by atoms with E-state index < -0.39 is 15.9 Å². The summed E-state index contributed by atoms with van der Waals surface area (Å²) in [5.74, 6) is -0.356. The van der Waals surface area contributed by atoms with E-state index in [0.717, 1.165) is 24.7 Å². The van der Waals surface area contributed by atoms with E-state index in [9.17, 15) is 17.6 Å². The molecule has 0 spiro atoms. The van der Waals surface area contributed by atoms with Crippen LogP contribution in [0.15, 0.2) is 24.3 Å². The molecule has 0 aromatic heterocycles. The highest BCUT2D eigenvalue weighted by Crippen LogP contribution is 2.47. The normalized spacial score (nSPS) is 17.4. The molecule has 1 aliphatic rings. The summed E-state index contributed by atoms with van der Waals surface area (Å²) in [6, 6.07) is 5.73. The second kappa shape index (κ2) is 6.47. The summed E-state index contributed by atoms with van der Waals surface area (Å²) in [7, 11) is -1.57. The topological polar surface area (TPSA) is 66.5 Å². The number of nitrogens with one attached hydrogen (secondary N) is 1. The third-order valence-corrected chi connectivity index (χ3v) is 5.48. The molecule has 0 saturated heterocycles. The number of hydrogen-bond acceptors (Lipinski definition) is 3. The van der Waals surface area contributed by atoms with Crippen LogP contribution in [0, 0.1) is 5.82 Å². The number of carbonyl (C=O) groups excluding carboxylic acids is 1. The molecule has 1 atom stereocenters. The monoisotopic (exact) mass is 342 g/mol. The molecule has 1 fully saturated rings. The minimum absolute atomic E-state index is 0.0774. The van der Waals surface area contributed by atoms with Crippen molar-refractivity contribution in [1.82, 2.24) is 10.2 Å². The van der Waals surface area contributed by atoms with E-state index in [0.29, 0.717) is 6.54 Å². The first-order valence-electron chi connectivity index (χ1n) is 7.57. The summed E-state index contributed by atoms with van der Waals surface area (Å²) in [6.07, 6.45) is 2.96. The van der Waals surface area contributed by atoms with Crippen LogP contribution < -0.4 is 5.32 Å². The maximum absolute atomic E-state index is 13.4. The van der Waals surface area contributed by atoms with E-state index in [-0.39, 0.29) is 23.0 Å². The van der Waals surface area contributed by atoms with Crippen molar-refractivity contribution >= 4 is 15.9 Å². The Kier molecular flexibility index (Phi) is 4.98. The standard InChI is InChI=1S/C16H23FN2O3S/c1-12(10-23(3,21)22)19(2)15(20)18-11-16(7-8-16)13-5-4-6-14(17)9-13/h4-6,9,12H,7-8,10-11H2,1-3H3,(H,18,20). The summed E-state index contributed by atoms with van der Waals surface area (Å²) in [5, 5.41) is 2.84. The van der Waals surface area contributed by atoms with Crippen molar-refractivity contribution in [3.05, 3.63) is 35.6 Å². The van der Waals surface area contributed by atoms with E-state index in [2.05, 4.69) is 5.32 Å². The van der Waals surface area contributed by atoms with Gasteiger partial charge in [0.05, 0.1) is 5.75 Å². The van der Waals surface area contributed by atoms with E-state index >= 15 is 0 Å².